The van der Waals surface area contributed by atoms with Crippen LogP contribution in [0.5, 0.6) is 0 Å². The van der Waals surface area contributed by atoms with Gasteiger partial charge in [-0.15, -0.1) is 23.2 Å². The van der Waals surface area contributed by atoms with Crippen LogP contribution < -0.4 is 5.32 Å². The molecule has 0 aromatic heterocycles. The topological polar surface area (TPSA) is 86.6 Å². The van der Waals surface area contributed by atoms with Crippen molar-refractivity contribution in [2.75, 3.05) is 5.88 Å². The molecule has 0 aliphatic rings. The maximum absolute atomic E-state index is 10.7. The fraction of sp³-hybridized carbons (Fsp3) is 0.600. The SMILES string of the molecule is O=C(NC(O)C(=O)O)C(Cl)CCl. The second kappa shape index (κ2) is 5.18. The summed E-state index contributed by atoms with van der Waals surface area (Å²) in [5.74, 6) is -2.52. The summed E-state index contributed by atoms with van der Waals surface area (Å²) in [5, 5.41) is 17.4. The van der Waals surface area contributed by atoms with Crippen molar-refractivity contribution in [1.29, 1.82) is 0 Å². The molecule has 0 aliphatic carbocycles. The molecule has 7 heteroatoms. The molecule has 70 valence electrons. The van der Waals surface area contributed by atoms with Crippen LogP contribution in [-0.2, 0) is 9.59 Å². The summed E-state index contributed by atoms with van der Waals surface area (Å²) in [4.78, 5) is 20.7. The maximum atomic E-state index is 10.7. The first-order chi connectivity index (χ1) is 5.49. The smallest absolute Gasteiger partial charge is 0.353 e. The molecule has 0 heterocycles. The standard InChI is InChI=1S/C5H7Cl2NO4/c6-1-2(7)3(9)8-4(10)5(11)12/h2,4,10H,1H2,(H,8,9)(H,11,12). The quantitative estimate of drug-likeness (QED) is 0.430. The number of carbonyl (C=O) groups excluding carboxylic acids is 1. The van der Waals surface area contributed by atoms with Gasteiger partial charge < -0.3 is 15.5 Å². The predicted octanol–water partition coefficient (Wildman–Crippen LogP) is -0.648. The molecule has 3 N–H and O–H groups in total. The molecule has 5 nitrogen and oxygen atoms in total. The summed E-state index contributed by atoms with van der Waals surface area (Å²) < 4.78 is 0. The number of rotatable bonds is 4. The highest BCUT2D eigenvalue weighted by Gasteiger charge is 2.20. The van der Waals surface area contributed by atoms with Crippen LogP contribution in [0.1, 0.15) is 0 Å². The molecule has 0 rings (SSSR count). The van der Waals surface area contributed by atoms with Crippen molar-refractivity contribution in [1.82, 2.24) is 5.32 Å². The number of carboxylic acid groups (broad SMARTS) is 1. The Morgan fingerprint density at radius 3 is 2.33 bits per heavy atom. The molecule has 1 amide bonds. The van der Waals surface area contributed by atoms with Crippen LogP contribution in [0.4, 0.5) is 0 Å². The molecular weight excluding hydrogens is 209 g/mol. The summed E-state index contributed by atoms with van der Waals surface area (Å²) in [6.07, 6.45) is -1.94. The van der Waals surface area contributed by atoms with Gasteiger partial charge in [0.05, 0.1) is 0 Å². The van der Waals surface area contributed by atoms with Gasteiger partial charge in [0.25, 0.3) is 0 Å². The van der Waals surface area contributed by atoms with E-state index in [1.807, 2.05) is 0 Å². The zero-order valence-electron chi connectivity index (χ0n) is 5.83. The monoisotopic (exact) mass is 215 g/mol. The van der Waals surface area contributed by atoms with Crippen molar-refractivity contribution in [3.05, 3.63) is 0 Å². The third kappa shape index (κ3) is 3.75. The highest BCUT2D eigenvalue weighted by atomic mass is 35.5. The van der Waals surface area contributed by atoms with E-state index in [0.717, 1.165) is 0 Å². The fourth-order valence-electron chi connectivity index (χ4n) is 0.357. The number of aliphatic hydroxyl groups is 1. The molecular formula is C5H7Cl2NO4. The normalized spacial score (nSPS) is 14.9. The molecule has 0 fully saturated rings. The number of halogens is 2. The first-order valence-corrected chi connectivity index (χ1v) is 3.87. The van der Waals surface area contributed by atoms with E-state index in [0.29, 0.717) is 0 Å². The predicted molar refractivity (Wildman–Crippen MR) is 42.1 cm³/mol. The maximum Gasteiger partial charge on any atom is 0.353 e. The summed E-state index contributed by atoms with van der Waals surface area (Å²) in [6, 6.07) is 0. The first kappa shape index (κ1) is 11.5. The van der Waals surface area contributed by atoms with Crippen LogP contribution in [0.3, 0.4) is 0 Å². The summed E-state index contributed by atoms with van der Waals surface area (Å²) in [6.45, 7) is 0. The van der Waals surface area contributed by atoms with Crippen LogP contribution in [0.15, 0.2) is 0 Å². The molecule has 0 saturated heterocycles. The molecule has 2 atom stereocenters. The number of alkyl halides is 2. The Labute approximate surface area is 78.3 Å². The summed E-state index contributed by atoms with van der Waals surface area (Å²) >= 11 is 10.5. The van der Waals surface area contributed by atoms with Crippen LogP contribution >= 0.6 is 23.2 Å². The van der Waals surface area contributed by atoms with Crippen molar-refractivity contribution in [3.8, 4) is 0 Å². The van der Waals surface area contributed by atoms with E-state index in [2.05, 4.69) is 0 Å². The molecule has 0 aromatic carbocycles. The number of carboxylic acids is 1. The van der Waals surface area contributed by atoms with Crippen molar-refractivity contribution >= 4 is 35.1 Å². The highest BCUT2D eigenvalue weighted by molar-refractivity contribution is 6.36. The van der Waals surface area contributed by atoms with Gasteiger partial charge in [0.1, 0.15) is 5.38 Å². The van der Waals surface area contributed by atoms with Crippen molar-refractivity contribution in [3.63, 3.8) is 0 Å². The molecule has 0 aromatic rings. The molecule has 0 spiro atoms. The van der Waals surface area contributed by atoms with E-state index >= 15 is 0 Å². The van der Waals surface area contributed by atoms with Gasteiger partial charge in [0, 0.05) is 5.88 Å². The van der Waals surface area contributed by atoms with Crippen molar-refractivity contribution in [2.24, 2.45) is 0 Å². The Morgan fingerprint density at radius 1 is 1.50 bits per heavy atom. The van der Waals surface area contributed by atoms with Gasteiger partial charge in [-0.05, 0) is 0 Å². The van der Waals surface area contributed by atoms with E-state index < -0.39 is 23.5 Å². The largest absolute Gasteiger partial charge is 0.478 e. The van der Waals surface area contributed by atoms with Crippen LogP contribution in [-0.4, -0.2) is 39.6 Å². The van der Waals surface area contributed by atoms with E-state index in [9.17, 15) is 9.59 Å². The van der Waals surface area contributed by atoms with Gasteiger partial charge in [-0.2, -0.15) is 0 Å². The van der Waals surface area contributed by atoms with E-state index in [1.54, 1.807) is 5.32 Å². The lowest BCUT2D eigenvalue weighted by Crippen LogP contribution is -2.44. The minimum Gasteiger partial charge on any atom is -0.478 e. The van der Waals surface area contributed by atoms with E-state index in [-0.39, 0.29) is 5.88 Å². The van der Waals surface area contributed by atoms with E-state index in [4.69, 9.17) is 33.4 Å². The Hall–Kier alpha value is -0.520. The Kier molecular flexibility index (Phi) is 4.96. The Balaban J connectivity index is 3.92. The van der Waals surface area contributed by atoms with Gasteiger partial charge >= 0.3 is 5.97 Å². The average molecular weight is 216 g/mol. The molecule has 0 bridgehead atoms. The third-order valence-corrected chi connectivity index (χ3v) is 1.75. The number of aliphatic hydroxyl groups excluding tert-OH is 1. The minimum absolute atomic E-state index is 0.153. The lowest BCUT2D eigenvalue weighted by atomic mass is 10.4. The van der Waals surface area contributed by atoms with Gasteiger partial charge in [-0.1, -0.05) is 0 Å². The van der Waals surface area contributed by atoms with Gasteiger partial charge in [0.15, 0.2) is 0 Å². The molecule has 0 aliphatic heterocycles. The molecule has 0 saturated carbocycles. The summed E-state index contributed by atoms with van der Waals surface area (Å²) in [5.41, 5.74) is 0. The van der Waals surface area contributed by atoms with Crippen molar-refractivity contribution < 1.29 is 19.8 Å². The fourth-order valence-corrected chi connectivity index (χ4v) is 0.560. The highest BCUT2D eigenvalue weighted by Crippen LogP contribution is 1.98. The third-order valence-electron chi connectivity index (χ3n) is 0.933. The van der Waals surface area contributed by atoms with Gasteiger partial charge in [0.2, 0.25) is 12.1 Å². The van der Waals surface area contributed by atoms with Crippen LogP contribution in [0.2, 0.25) is 0 Å². The Bertz CT molecular complexity index is 186. The minimum atomic E-state index is -1.94. The number of amides is 1. The second-order valence-corrected chi connectivity index (χ2v) is 2.71. The zero-order valence-corrected chi connectivity index (χ0v) is 7.34. The lowest BCUT2D eigenvalue weighted by Gasteiger charge is -2.09. The number of carbonyl (C=O) groups is 2. The van der Waals surface area contributed by atoms with Gasteiger partial charge in [-0.3, -0.25) is 4.79 Å². The molecule has 12 heavy (non-hydrogen) atoms. The van der Waals surface area contributed by atoms with Crippen molar-refractivity contribution in [2.45, 2.75) is 11.6 Å². The van der Waals surface area contributed by atoms with Gasteiger partial charge in [-0.25, -0.2) is 4.79 Å². The number of nitrogens with one attached hydrogen (secondary N) is 1. The zero-order chi connectivity index (χ0) is 9.72. The number of hydrogen-bond donors (Lipinski definition) is 3. The van der Waals surface area contributed by atoms with Crippen LogP contribution in [0.25, 0.3) is 0 Å². The average Bonchev–Trinajstić information content (AvgIpc) is 2.02. The Morgan fingerprint density at radius 2 is 2.00 bits per heavy atom. The van der Waals surface area contributed by atoms with E-state index in [1.165, 1.54) is 0 Å². The second-order valence-electron chi connectivity index (χ2n) is 1.87. The first-order valence-electron chi connectivity index (χ1n) is 2.90. The lowest BCUT2D eigenvalue weighted by molar-refractivity contribution is -0.151. The van der Waals surface area contributed by atoms with Crippen LogP contribution in [0, 0.1) is 0 Å². The number of hydrogen-bond acceptors (Lipinski definition) is 3. The molecule has 2 unspecified atom stereocenters. The molecule has 0 radical (unpaired) electrons. The summed E-state index contributed by atoms with van der Waals surface area (Å²) in [7, 11) is 0. The number of aliphatic carboxylic acids is 1.